The molecule has 1 saturated heterocycles. The predicted molar refractivity (Wildman–Crippen MR) is 120 cm³/mol. The van der Waals surface area contributed by atoms with Gasteiger partial charge in [0.05, 0.1) is 26.0 Å². The topological polar surface area (TPSA) is 63.9 Å². The zero-order valence-electron chi connectivity index (χ0n) is 18.5. The van der Waals surface area contributed by atoms with Crippen molar-refractivity contribution in [1.29, 1.82) is 0 Å². The molecule has 0 saturated carbocycles. The lowest BCUT2D eigenvalue weighted by molar-refractivity contribution is -0.00803. The van der Waals surface area contributed by atoms with E-state index < -0.39 is 0 Å². The molecule has 3 rings (SSSR count). The number of aromatic nitrogens is 2. The molecule has 7 nitrogen and oxygen atoms in total. The second kappa shape index (κ2) is 11.6. The molecule has 2 aromatic rings. The smallest absolute Gasteiger partial charge is 0.194 e. The number of aliphatic imine (C=N–C) groups is 1. The van der Waals surface area contributed by atoms with Gasteiger partial charge in [0.2, 0.25) is 0 Å². The van der Waals surface area contributed by atoms with Crippen molar-refractivity contribution in [3.63, 3.8) is 0 Å². The fourth-order valence-electron chi connectivity index (χ4n) is 3.45. The summed E-state index contributed by atoms with van der Waals surface area (Å²) in [7, 11) is 1.93. The number of unbranched alkanes of at least 4 members (excludes halogenated alkanes) is 1. The van der Waals surface area contributed by atoms with E-state index in [-0.39, 0.29) is 6.10 Å². The van der Waals surface area contributed by atoms with E-state index in [0.717, 1.165) is 69.3 Å². The van der Waals surface area contributed by atoms with E-state index in [1.807, 2.05) is 24.1 Å². The van der Waals surface area contributed by atoms with Gasteiger partial charge >= 0.3 is 0 Å². The van der Waals surface area contributed by atoms with E-state index in [1.54, 1.807) is 0 Å². The molecule has 1 aliphatic rings. The fraction of sp³-hybridized carbons (Fsp3) is 0.565. The van der Waals surface area contributed by atoms with Crippen LogP contribution in [0.25, 0.3) is 0 Å². The fourth-order valence-corrected chi connectivity index (χ4v) is 3.45. The number of aryl methyl sites for hydroxylation is 1. The summed E-state index contributed by atoms with van der Waals surface area (Å²) in [6.07, 6.45) is 7.07. The minimum absolute atomic E-state index is 0.0246. The van der Waals surface area contributed by atoms with Gasteiger partial charge in [-0.05, 0) is 37.5 Å². The average molecular weight is 414 g/mol. The van der Waals surface area contributed by atoms with Crippen molar-refractivity contribution in [1.82, 2.24) is 20.0 Å². The van der Waals surface area contributed by atoms with Crippen molar-refractivity contribution in [2.24, 2.45) is 12.0 Å². The summed E-state index contributed by atoms with van der Waals surface area (Å²) in [6, 6.07) is 8.38. The first-order valence-electron chi connectivity index (χ1n) is 11.0. The van der Waals surface area contributed by atoms with Crippen molar-refractivity contribution in [2.75, 3.05) is 39.4 Å². The molecule has 0 aliphatic carbocycles. The normalized spacial score (nSPS) is 17.2. The Morgan fingerprint density at radius 3 is 2.83 bits per heavy atom. The molecule has 1 aromatic carbocycles. The van der Waals surface area contributed by atoms with Gasteiger partial charge in [0.1, 0.15) is 11.9 Å². The van der Waals surface area contributed by atoms with Crippen LogP contribution in [0.5, 0.6) is 5.75 Å². The lowest BCUT2D eigenvalue weighted by Gasteiger charge is -2.34. The first kappa shape index (κ1) is 22.2. The Morgan fingerprint density at radius 1 is 1.30 bits per heavy atom. The van der Waals surface area contributed by atoms with Crippen LogP contribution in [0, 0.1) is 0 Å². The molecule has 7 heteroatoms. The Hall–Kier alpha value is -2.54. The molecule has 0 spiro atoms. The van der Waals surface area contributed by atoms with Crippen LogP contribution in [0.15, 0.2) is 41.7 Å². The Balaban J connectivity index is 1.55. The maximum atomic E-state index is 5.97. The summed E-state index contributed by atoms with van der Waals surface area (Å²) in [5.74, 6) is 1.90. The van der Waals surface area contributed by atoms with Crippen LogP contribution < -0.4 is 10.1 Å². The number of morpholine rings is 1. The minimum atomic E-state index is 0.0246. The molecule has 0 bridgehead atoms. The SMILES string of the molecule is CCCCOc1ccc(CCN=C(NCC)N2CCOC(c3cnn(C)c3)C2)cc1. The second-order valence-electron chi connectivity index (χ2n) is 7.58. The average Bonchev–Trinajstić information content (AvgIpc) is 3.21. The van der Waals surface area contributed by atoms with Crippen molar-refractivity contribution in [3.8, 4) is 5.75 Å². The number of hydrogen-bond donors (Lipinski definition) is 1. The molecule has 164 valence electrons. The van der Waals surface area contributed by atoms with Crippen LogP contribution in [0.3, 0.4) is 0 Å². The van der Waals surface area contributed by atoms with Crippen molar-refractivity contribution in [2.45, 2.75) is 39.2 Å². The zero-order valence-corrected chi connectivity index (χ0v) is 18.5. The van der Waals surface area contributed by atoms with Gasteiger partial charge in [-0.1, -0.05) is 25.5 Å². The van der Waals surface area contributed by atoms with Gasteiger partial charge < -0.3 is 19.7 Å². The van der Waals surface area contributed by atoms with Crippen molar-refractivity contribution < 1.29 is 9.47 Å². The number of ether oxygens (including phenoxy) is 2. The first-order chi connectivity index (χ1) is 14.7. The highest BCUT2D eigenvalue weighted by atomic mass is 16.5. The lowest BCUT2D eigenvalue weighted by atomic mass is 10.1. The van der Waals surface area contributed by atoms with Crippen LogP contribution in [0.4, 0.5) is 0 Å². The summed E-state index contributed by atoms with van der Waals surface area (Å²) in [6.45, 7) is 8.95. The Labute approximate surface area is 180 Å². The highest BCUT2D eigenvalue weighted by molar-refractivity contribution is 5.80. The quantitative estimate of drug-likeness (QED) is 0.389. The van der Waals surface area contributed by atoms with E-state index in [1.165, 1.54) is 5.56 Å². The molecular formula is C23H35N5O2. The second-order valence-corrected chi connectivity index (χ2v) is 7.58. The third kappa shape index (κ3) is 6.49. The first-order valence-corrected chi connectivity index (χ1v) is 11.0. The summed E-state index contributed by atoms with van der Waals surface area (Å²) >= 11 is 0. The monoisotopic (exact) mass is 413 g/mol. The Bertz CT molecular complexity index is 787. The van der Waals surface area contributed by atoms with E-state index in [9.17, 15) is 0 Å². The van der Waals surface area contributed by atoms with Crippen LogP contribution in [0.2, 0.25) is 0 Å². The summed E-state index contributed by atoms with van der Waals surface area (Å²) < 4.78 is 13.5. The largest absolute Gasteiger partial charge is 0.494 e. The number of nitrogens with one attached hydrogen (secondary N) is 1. The molecule has 1 N–H and O–H groups in total. The number of hydrogen-bond acceptors (Lipinski definition) is 4. The van der Waals surface area contributed by atoms with Gasteiger partial charge in [-0.15, -0.1) is 0 Å². The zero-order chi connectivity index (χ0) is 21.2. The molecule has 2 heterocycles. The van der Waals surface area contributed by atoms with Gasteiger partial charge in [0.15, 0.2) is 5.96 Å². The summed E-state index contributed by atoms with van der Waals surface area (Å²) in [5, 5.41) is 7.70. The van der Waals surface area contributed by atoms with Gasteiger partial charge in [0, 0.05) is 38.4 Å². The molecule has 1 atom stereocenters. The molecule has 1 aromatic heterocycles. The third-order valence-electron chi connectivity index (χ3n) is 5.15. The number of guanidine groups is 1. The van der Waals surface area contributed by atoms with E-state index in [2.05, 4.69) is 53.4 Å². The number of nitrogens with zero attached hydrogens (tertiary/aromatic N) is 4. The van der Waals surface area contributed by atoms with E-state index in [4.69, 9.17) is 14.5 Å². The summed E-state index contributed by atoms with van der Waals surface area (Å²) in [4.78, 5) is 7.16. The number of rotatable bonds is 9. The van der Waals surface area contributed by atoms with Gasteiger partial charge in [-0.2, -0.15) is 5.10 Å². The number of benzene rings is 1. The molecule has 30 heavy (non-hydrogen) atoms. The maximum absolute atomic E-state index is 5.97. The van der Waals surface area contributed by atoms with Gasteiger partial charge in [-0.3, -0.25) is 9.67 Å². The highest BCUT2D eigenvalue weighted by Crippen LogP contribution is 2.21. The van der Waals surface area contributed by atoms with Gasteiger partial charge in [-0.25, -0.2) is 0 Å². The van der Waals surface area contributed by atoms with Crippen LogP contribution in [-0.2, 0) is 18.2 Å². The molecule has 1 unspecified atom stereocenters. The van der Waals surface area contributed by atoms with E-state index >= 15 is 0 Å². The van der Waals surface area contributed by atoms with Crippen molar-refractivity contribution >= 4 is 5.96 Å². The molecule has 1 aliphatic heterocycles. The van der Waals surface area contributed by atoms with Crippen LogP contribution in [0.1, 0.15) is 43.9 Å². The van der Waals surface area contributed by atoms with Crippen LogP contribution in [-0.4, -0.2) is 60.0 Å². The molecule has 1 fully saturated rings. The van der Waals surface area contributed by atoms with Crippen molar-refractivity contribution in [3.05, 3.63) is 47.8 Å². The van der Waals surface area contributed by atoms with Gasteiger partial charge in [0.25, 0.3) is 0 Å². The van der Waals surface area contributed by atoms with Crippen LogP contribution >= 0.6 is 0 Å². The van der Waals surface area contributed by atoms with E-state index in [0.29, 0.717) is 6.61 Å². The minimum Gasteiger partial charge on any atom is -0.494 e. The molecule has 0 radical (unpaired) electrons. The predicted octanol–water partition coefficient (Wildman–Crippen LogP) is 3.18. The molecular weight excluding hydrogens is 378 g/mol. The Morgan fingerprint density at radius 2 is 2.13 bits per heavy atom. The summed E-state index contributed by atoms with van der Waals surface area (Å²) in [5.41, 5.74) is 2.38. The third-order valence-corrected chi connectivity index (χ3v) is 5.15. The molecule has 0 amide bonds. The lowest BCUT2D eigenvalue weighted by Crippen LogP contribution is -2.48. The standard InChI is InChI=1S/C23H35N5O2/c1-4-6-14-29-21-9-7-19(8-10-21)11-12-25-23(24-5-2)28-13-15-30-22(18-28)20-16-26-27(3)17-20/h7-10,16-17,22H,4-6,11-15,18H2,1-3H3,(H,24,25). The Kier molecular flexibility index (Phi) is 8.56. The highest BCUT2D eigenvalue weighted by Gasteiger charge is 2.25. The maximum Gasteiger partial charge on any atom is 0.194 e.